The Labute approximate surface area is 222 Å². The smallest absolute Gasteiger partial charge is 0.292 e. The van der Waals surface area contributed by atoms with Crippen molar-refractivity contribution in [2.24, 2.45) is 5.73 Å². The summed E-state index contributed by atoms with van der Waals surface area (Å²) in [6, 6.07) is 0. The number of Topliss-reactive ketones (excluding diaryl/α,β-unsaturated/α-hetero) is 1. The van der Waals surface area contributed by atoms with E-state index in [-0.39, 0.29) is 33.9 Å². The van der Waals surface area contributed by atoms with Gasteiger partial charge < -0.3 is 19.3 Å². The van der Waals surface area contributed by atoms with Gasteiger partial charge in [0.05, 0.1) is 23.9 Å². The second kappa shape index (κ2) is 9.35. The van der Waals surface area contributed by atoms with Crippen LogP contribution in [-0.2, 0) is 27.9 Å². The molecule has 2 aliphatic heterocycles. The molecule has 0 radical (unpaired) electrons. The summed E-state index contributed by atoms with van der Waals surface area (Å²) in [5.41, 5.74) is 4.90. The van der Waals surface area contributed by atoms with Gasteiger partial charge >= 0.3 is 0 Å². The monoisotopic (exact) mass is 574 g/mol. The average molecular weight is 575 g/mol. The molecule has 0 amide bonds. The molecule has 1 saturated heterocycles. The molecule has 3 heterocycles. The average Bonchev–Trinajstić information content (AvgIpc) is 3.34. The van der Waals surface area contributed by atoms with Gasteiger partial charge in [-0.05, 0) is 36.3 Å². The van der Waals surface area contributed by atoms with Crippen molar-refractivity contribution in [1.82, 2.24) is 15.0 Å². The van der Waals surface area contributed by atoms with Gasteiger partial charge in [0.25, 0.3) is 10.1 Å². The topological polar surface area (TPSA) is 145 Å². The number of ether oxygens (including phenoxy) is 1. The summed E-state index contributed by atoms with van der Waals surface area (Å²) >= 11 is 0. The Morgan fingerprint density at radius 3 is 2.16 bits per heavy atom. The van der Waals surface area contributed by atoms with E-state index < -0.39 is 50.8 Å². The van der Waals surface area contributed by atoms with Gasteiger partial charge in [-0.15, -0.1) is 5.10 Å². The third-order valence-electron chi connectivity index (χ3n) is 8.25. The van der Waals surface area contributed by atoms with E-state index in [1.807, 2.05) is 13.1 Å². The molecule has 37 heavy (non-hydrogen) atoms. The van der Waals surface area contributed by atoms with Crippen molar-refractivity contribution < 1.29 is 31.0 Å². The third kappa shape index (κ3) is 5.38. The first-order valence-electron chi connectivity index (χ1n) is 12.4. The lowest BCUT2D eigenvalue weighted by molar-refractivity contribution is -0.0601. The molecule has 1 aromatic rings. The van der Waals surface area contributed by atoms with Crippen molar-refractivity contribution in [3.8, 4) is 0 Å². The Morgan fingerprint density at radius 1 is 1.14 bits per heavy atom. The highest BCUT2D eigenvalue weighted by atomic mass is 32.2. The predicted molar refractivity (Wildman–Crippen MR) is 144 cm³/mol. The maximum absolute atomic E-state index is 12.8. The van der Waals surface area contributed by atoms with Crippen LogP contribution < -0.4 is 5.73 Å². The number of hydrogen-bond acceptors (Lipinski definition) is 10. The van der Waals surface area contributed by atoms with E-state index >= 15 is 0 Å². The van der Waals surface area contributed by atoms with Gasteiger partial charge in [-0.1, -0.05) is 46.8 Å². The molecule has 0 bridgehead atoms. The zero-order chi connectivity index (χ0) is 28.4. The fourth-order valence-electron chi connectivity index (χ4n) is 3.87. The summed E-state index contributed by atoms with van der Waals surface area (Å²) in [6.07, 6.45) is -1.70. The number of hydrogen-bond donors (Lipinski definition) is 1. The highest BCUT2D eigenvalue weighted by molar-refractivity contribution is 7.90. The highest BCUT2D eigenvalue weighted by Crippen LogP contribution is 2.52. The predicted octanol–water partition coefficient (Wildman–Crippen LogP) is 3.69. The fourth-order valence-corrected chi connectivity index (χ4v) is 7.38. The maximum atomic E-state index is 12.8. The molecule has 0 unspecified atom stereocenters. The summed E-state index contributed by atoms with van der Waals surface area (Å²) in [4.78, 5) is 12.4. The summed E-state index contributed by atoms with van der Waals surface area (Å²) in [5.74, 6) is -0.279. The number of aromatic nitrogens is 3. The van der Waals surface area contributed by atoms with E-state index in [0.717, 1.165) is 5.41 Å². The van der Waals surface area contributed by atoms with E-state index in [2.05, 4.69) is 64.9 Å². The molecule has 1 fully saturated rings. The van der Waals surface area contributed by atoms with Crippen LogP contribution >= 0.6 is 0 Å². The molecule has 14 heteroatoms. The second-order valence-electron chi connectivity index (χ2n) is 12.9. The number of ketones is 1. The zero-order valence-electron chi connectivity index (χ0n) is 23.8. The first kappa shape index (κ1) is 30.1. The van der Waals surface area contributed by atoms with Crippen LogP contribution in [0.4, 0.5) is 0 Å². The standard InChI is InChI=1S/C23H42N4O7SSi2/c1-15(28)16-12-25-26-27(16)20-19(33-37(10,11)22(5,6)7)23(17(24)14-35(29,30)34-23)18(32-20)13-31-36(8,9)21(2,3)4/h12,14,18-20H,13,24H2,1-11H3/t18-,19+,20-,23-/m1/s1. The summed E-state index contributed by atoms with van der Waals surface area (Å²) in [6.45, 7) is 22.2. The van der Waals surface area contributed by atoms with Crippen LogP contribution in [-0.4, -0.2) is 70.2 Å². The first-order chi connectivity index (χ1) is 16.6. The fraction of sp³-hybridized carbons (Fsp3) is 0.783. The molecule has 1 spiro atoms. The Morgan fingerprint density at radius 2 is 1.70 bits per heavy atom. The summed E-state index contributed by atoms with van der Waals surface area (Å²) in [7, 11) is -8.99. The minimum Gasteiger partial charge on any atom is -0.414 e. The SMILES string of the molecule is CC(=O)c1cnnn1[C@@H]1O[C@H](CO[Si](C)(C)C(C)(C)C)[C@@]2(OS(=O)(=O)C=C2N)[C@H]1O[Si](C)(C)C(C)(C)C. The molecule has 1 aromatic heterocycles. The second-order valence-corrected chi connectivity index (χ2v) is 23.9. The summed E-state index contributed by atoms with van der Waals surface area (Å²) < 4.78 is 52.5. The third-order valence-corrected chi connectivity index (χ3v) is 18.3. The molecule has 0 aromatic carbocycles. The molecule has 0 saturated carbocycles. The number of carbonyl (C=O) groups is 1. The van der Waals surface area contributed by atoms with Crippen LogP contribution in [0, 0.1) is 0 Å². The lowest BCUT2D eigenvalue weighted by Crippen LogP contribution is -2.59. The largest absolute Gasteiger partial charge is 0.414 e. The van der Waals surface area contributed by atoms with Crippen molar-refractivity contribution in [3.63, 3.8) is 0 Å². The molecule has 210 valence electrons. The number of carbonyl (C=O) groups excluding carboxylic acids is 1. The van der Waals surface area contributed by atoms with E-state index in [1.54, 1.807) is 0 Å². The van der Waals surface area contributed by atoms with Gasteiger partial charge in [-0.2, -0.15) is 8.42 Å². The molecular formula is C23H42N4O7SSi2. The van der Waals surface area contributed by atoms with Crippen LogP contribution in [0.3, 0.4) is 0 Å². The summed E-state index contributed by atoms with van der Waals surface area (Å²) in [5, 5.41) is 8.60. The highest BCUT2D eigenvalue weighted by Gasteiger charge is 2.67. The molecular weight excluding hydrogens is 533 g/mol. The minimum atomic E-state index is -4.13. The molecule has 0 aliphatic carbocycles. The van der Waals surface area contributed by atoms with Crippen LogP contribution in [0.25, 0.3) is 0 Å². The maximum Gasteiger partial charge on any atom is 0.292 e. The van der Waals surface area contributed by atoms with Crippen LogP contribution in [0.2, 0.25) is 36.3 Å². The van der Waals surface area contributed by atoms with Gasteiger partial charge in [0, 0.05) is 6.92 Å². The van der Waals surface area contributed by atoms with Crippen LogP contribution in [0.15, 0.2) is 17.3 Å². The van der Waals surface area contributed by atoms with Crippen molar-refractivity contribution in [2.45, 2.75) is 109 Å². The Hall–Kier alpha value is -1.43. The molecule has 2 N–H and O–H groups in total. The van der Waals surface area contributed by atoms with Crippen LogP contribution in [0.1, 0.15) is 65.2 Å². The Balaban J connectivity index is 2.19. The van der Waals surface area contributed by atoms with Crippen molar-refractivity contribution in [1.29, 1.82) is 0 Å². The van der Waals surface area contributed by atoms with Gasteiger partial charge in [0.15, 0.2) is 34.2 Å². The molecule has 11 nitrogen and oxygen atoms in total. The van der Waals surface area contributed by atoms with E-state index in [0.29, 0.717) is 0 Å². The Bertz CT molecular complexity index is 1180. The zero-order valence-corrected chi connectivity index (χ0v) is 26.6. The minimum absolute atomic E-state index is 0.0124. The van der Waals surface area contributed by atoms with Crippen molar-refractivity contribution in [2.75, 3.05) is 6.61 Å². The number of nitrogens with two attached hydrogens (primary N) is 1. The molecule has 3 rings (SSSR count). The molecule has 2 aliphatic rings. The number of nitrogens with zero attached hydrogens (tertiary/aromatic N) is 3. The lowest BCUT2D eigenvalue weighted by atomic mass is 9.89. The van der Waals surface area contributed by atoms with Gasteiger partial charge in [-0.25, -0.2) is 8.86 Å². The van der Waals surface area contributed by atoms with E-state index in [1.165, 1.54) is 17.8 Å². The lowest BCUT2D eigenvalue weighted by Gasteiger charge is -2.43. The van der Waals surface area contributed by atoms with Gasteiger partial charge in [0.2, 0.25) is 0 Å². The number of rotatable bonds is 7. The van der Waals surface area contributed by atoms with Crippen molar-refractivity contribution in [3.05, 3.63) is 23.0 Å². The van der Waals surface area contributed by atoms with Crippen LogP contribution in [0.5, 0.6) is 0 Å². The van der Waals surface area contributed by atoms with Gasteiger partial charge in [0.1, 0.15) is 17.9 Å². The van der Waals surface area contributed by atoms with Gasteiger partial charge in [-0.3, -0.25) is 4.79 Å². The van der Waals surface area contributed by atoms with E-state index in [9.17, 15) is 13.2 Å². The first-order valence-corrected chi connectivity index (χ1v) is 19.7. The quantitative estimate of drug-likeness (QED) is 0.291. The Kier molecular flexibility index (Phi) is 7.61. The normalized spacial score (nSPS) is 28.6. The molecule has 4 atom stereocenters. The van der Waals surface area contributed by atoms with Crippen molar-refractivity contribution >= 4 is 32.5 Å². The van der Waals surface area contributed by atoms with E-state index in [4.69, 9.17) is 23.5 Å².